The minimum atomic E-state index is -0.101. The highest BCUT2D eigenvalue weighted by molar-refractivity contribution is 5.73. The van der Waals surface area contributed by atoms with Gasteiger partial charge in [-0.15, -0.1) is 0 Å². The molecule has 23 heavy (non-hydrogen) atoms. The van der Waals surface area contributed by atoms with Gasteiger partial charge >= 0.3 is 0 Å². The number of hydrogen-bond donors (Lipinski definition) is 3. The molecule has 1 atom stereocenters. The van der Waals surface area contributed by atoms with Crippen molar-refractivity contribution in [3.8, 4) is 0 Å². The zero-order valence-electron chi connectivity index (χ0n) is 13.9. The lowest BCUT2D eigenvalue weighted by molar-refractivity contribution is -0.119. The second kappa shape index (κ2) is 6.87. The summed E-state index contributed by atoms with van der Waals surface area (Å²) in [7, 11) is 0. The van der Waals surface area contributed by atoms with E-state index in [0.717, 1.165) is 55.5 Å². The molecule has 3 N–H and O–H groups in total. The minimum Gasteiger partial charge on any atom is -0.380 e. The molecular formula is C18H26FN3O. The smallest absolute Gasteiger partial charge is 0.217 e. The van der Waals surface area contributed by atoms with E-state index >= 15 is 0 Å². The molecule has 4 nitrogen and oxygen atoms in total. The Kier molecular flexibility index (Phi) is 4.85. The molecule has 1 aromatic carbocycles. The number of amides is 1. The average molecular weight is 319 g/mol. The molecule has 0 bridgehead atoms. The predicted molar refractivity (Wildman–Crippen MR) is 90.1 cm³/mol. The van der Waals surface area contributed by atoms with Crippen LogP contribution in [0, 0.1) is 12.7 Å². The lowest BCUT2D eigenvalue weighted by Gasteiger charge is -2.30. The van der Waals surface area contributed by atoms with Crippen molar-refractivity contribution >= 4 is 11.6 Å². The SMILES string of the molecule is CC(=O)N[C@H]1CC[C@H](NCC2Cc3c(F)ccc(C)c3N2)CC1. The molecule has 1 unspecified atom stereocenters. The number of rotatable bonds is 4. The normalized spacial score (nSPS) is 26.5. The molecular weight excluding hydrogens is 293 g/mol. The van der Waals surface area contributed by atoms with Crippen molar-refractivity contribution in [2.24, 2.45) is 0 Å². The molecule has 1 saturated carbocycles. The molecule has 1 aliphatic heterocycles. The summed E-state index contributed by atoms with van der Waals surface area (Å²) in [5.74, 6) is -0.0388. The van der Waals surface area contributed by atoms with Gasteiger partial charge in [-0.1, -0.05) is 6.07 Å². The van der Waals surface area contributed by atoms with Crippen LogP contribution in [0.2, 0.25) is 0 Å². The molecule has 0 spiro atoms. The molecule has 1 fully saturated rings. The summed E-state index contributed by atoms with van der Waals surface area (Å²) in [6.45, 7) is 4.45. The molecule has 1 aliphatic carbocycles. The van der Waals surface area contributed by atoms with Gasteiger partial charge in [0.05, 0.1) is 0 Å². The number of halogens is 1. The Labute approximate surface area is 137 Å². The van der Waals surface area contributed by atoms with E-state index in [0.29, 0.717) is 12.1 Å². The summed E-state index contributed by atoms with van der Waals surface area (Å²) in [4.78, 5) is 11.1. The van der Waals surface area contributed by atoms with Crippen LogP contribution in [0.15, 0.2) is 12.1 Å². The third-order valence-corrected chi connectivity index (χ3v) is 5.05. The first-order valence-electron chi connectivity index (χ1n) is 8.58. The van der Waals surface area contributed by atoms with E-state index in [1.807, 2.05) is 13.0 Å². The van der Waals surface area contributed by atoms with Gasteiger partial charge < -0.3 is 16.0 Å². The van der Waals surface area contributed by atoms with Crippen LogP contribution in [0.25, 0.3) is 0 Å². The van der Waals surface area contributed by atoms with Crippen LogP contribution in [0.1, 0.15) is 43.7 Å². The van der Waals surface area contributed by atoms with Gasteiger partial charge in [0.2, 0.25) is 5.91 Å². The number of aryl methyl sites for hydroxylation is 1. The Bertz CT molecular complexity index is 551. The first kappa shape index (κ1) is 16.2. The van der Waals surface area contributed by atoms with Crippen LogP contribution in [0.5, 0.6) is 0 Å². The monoisotopic (exact) mass is 319 g/mol. The maximum atomic E-state index is 13.9. The van der Waals surface area contributed by atoms with Crippen molar-refractivity contribution in [2.45, 2.75) is 64.1 Å². The van der Waals surface area contributed by atoms with Crippen LogP contribution in [0.3, 0.4) is 0 Å². The quantitative estimate of drug-likeness (QED) is 0.799. The number of carbonyl (C=O) groups is 1. The largest absolute Gasteiger partial charge is 0.380 e. The standard InChI is InChI=1S/C18H26FN3O/c1-11-3-8-17(19)16-9-15(22-18(11)16)10-20-13-4-6-14(7-5-13)21-12(2)23/h3,8,13-15,20,22H,4-7,9-10H2,1-2H3,(H,21,23)/t13-,14-,15?. The van der Waals surface area contributed by atoms with Crippen molar-refractivity contribution in [3.63, 3.8) is 0 Å². The zero-order chi connectivity index (χ0) is 16.4. The fourth-order valence-electron chi connectivity index (χ4n) is 3.80. The molecule has 1 heterocycles. The highest BCUT2D eigenvalue weighted by Crippen LogP contribution is 2.31. The first-order chi connectivity index (χ1) is 11.0. The first-order valence-corrected chi connectivity index (χ1v) is 8.58. The van der Waals surface area contributed by atoms with E-state index in [4.69, 9.17) is 0 Å². The minimum absolute atomic E-state index is 0.0618. The molecule has 5 heteroatoms. The topological polar surface area (TPSA) is 53.2 Å². The number of hydrogen-bond acceptors (Lipinski definition) is 3. The van der Waals surface area contributed by atoms with E-state index in [9.17, 15) is 9.18 Å². The van der Waals surface area contributed by atoms with Gasteiger partial charge in [0, 0.05) is 42.8 Å². The van der Waals surface area contributed by atoms with E-state index < -0.39 is 0 Å². The summed E-state index contributed by atoms with van der Waals surface area (Å²) >= 11 is 0. The summed E-state index contributed by atoms with van der Waals surface area (Å²) in [5.41, 5.74) is 2.91. The summed E-state index contributed by atoms with van der Waals surface area (Å²) in [5, 5.41) is 10.1. The van der Waals surface area contributed by atoms with E-state index in [2.05, 4.69) is 16.0 Å². The number of benzene rings is 1. The van der Waals surface area contributed by atoms with Crippen molar-refractivity contribution < 1.29 is 9.18 Å². The highest BCUT2D eigenvalue weighted by Gasteiger charge is 2.27. The van der Waals surface area contributed by atoms with E-state index in [1.54, 1.807) is 13.0 Å². The number of anilines is 1. The molecule has 1 aromatic rings. The Balaban J connectivity index is 1.45. The van der Waals surface area contributed by atoms with Gasteiger partial charge in [-0.25, -0.2) is 4.39 Å². The maximum Gasteiger partial charge on any atom is 0.217 e. The fraction of sp³-hybridized carbons (Fsp3) is 0.611. The third-order valence-electron chi connectivity index (χ3n) is 5.05. The van der Waals surface area contributed by atoms with Gasteiger partial charge in [-0.05, 0) is 50.7 Å². The Morgan fingerprint density at radius 3 is 2.61 bits per heavy atom. The Morgan fingerprint density at radius 1 is 1.26 bits per heavy atom. The number of fused-ring (bicyclic) bond motifs is 1. The molecule has 2 aliphatic rings. The fourth-order valence-corrected chi connectivity index (χ4v) is 3.80. The zero-order valence-corrected chi connectivity index (χ0v) is 13.9. The Hall–Kier alpha value is -1.62. The highest BCUT2D eigenvalue weighted by atomic mass is 19.1. The number of nitrogens with one attached hydrogen (secondary N) is 3. The van der Waals surface area contributed by atoms with E-state index in [-0.39, 0.29) is 17.8 Å². The van der Waals surface area contributed by atoms with Crippen LogP contribution < -0.4 is 16.0 Å². The Morgan fingerprint density at radius 2 is 1.96 bits per heavy atom. The molecule has 0 radical (unpaired) electrons. The van der Waals surface area contributed by atoms with Crippen LogP contribution in [-0.4, -0.2) is 30.6 Å². The third kappa shape index (κ3) is 3.83. The van der Waals surface area contributed by atoms with Gasteiger partial charge in [-0.2, -0.15) is 0 Å². The van der Waals surface area contributed by atoms with Crippen molar-refractivity contribution in [1.82, 2.24) is 10.6 Å². The molecule has 126 valence electrons. The van der Waals surface area contributed by atoms with Crippen molar-refractivity contribution in [2.75, 3.05) is 11.9 Å². The van der Waals surface area contributed by atoms with Crippen LogP contribution >= 0.6 is 0 Å². The molecule has 1 amide bonds. The van der Waals surface area contributed by atoms with Gasteiger partial charge in [-0.3, -0.25) is 4.79 Å². The maximum absolute atomic E-state index is 13.9. The second-order valence-electron chi connectivity index (χ2n) is 6.92. The van der Waals surface area contributed by atoms with Gasteiger partial charge in [0.1, 0.15) is 5.82 Å². The second-order valence-corrected chi connectivity index (χ2v) is 6.92. The summed E-state index contributed by atoms with van der Waals surface area (Å²) in [6.07, 6.45) is 4.97. The summed E-state index contributed by atoms with van der Waals surface area (Å²) in [6, 6.07) is 4.48. The van der Waals surface area contributed by atoms with Crippen LogP contribution in [0.4, 0.5) is 10.1 Å². The lowest BCUT2D eigenvalue weighted by Crippen LogP contribution is -2.44. The molecule has 0 saturated heterocycles. The predicted octanol–water partition coefficient (Wildman–Crippen LogP) is 2.51. The lowest BCUT2D eigenvalue weighted by atomic mass is 9.91. The molecule has 0 aromatic heterocycles. The van der Waals surface area contributed by atoms with Gasteiger partial charge in [0.15, 0.2) is 0 Å². The molecule has 3 rings (SSSR count). The average Bonchev–Trinajstić information content (AvgIpc) is 2.95. The van der Waals surface area contributed by atoms with Crippen molar-refractivity contribution in [3.05, 3.63) is 29.1 Å². The van der Waals surface area contributed by atoms with E-state index in [1.165, 1.54) is 0 Å². The number of carbonyl (C=O) groups excluding carboxylic acids is 1. The van der Waals surface area contributed by atoms with Crippen molar-refractivity contribution in [1.29, 1.82) is 0 Å². The summed E-state index contributed by atoms with van der Waals surface area (Å²) < 4.78 is 13.9. The van der Waals surface area contributed by atoms with Crippen LogP contribution in [-0.2, 0) is 11.2 Å². The van der Waals surface area contributed by atoms with Gasteiger partial charge in [0.25, 0.3) is 0 Å².